The summed E-state index contributed by atoms with van der Waals surface area (Å²) < 4.78 is 0. The normalized spacial score (nSPS) is 15.6. The average molecular weight is 191 g/mol. The number of hydrogen-bond donors (Lipinski definition) is 1. The molecule has 1 aliphatic rings. The Morgan fingerprint density at radius 1 is 1.50 bits per heavy atom. The molecule has 3 heteroatoms. The number of nitrogens with zero attached hydrogens (tertiary/aromatic N) is 2. The molecule has 3 nitrogen and oxygen atoms in total. The summed E-state index contributed by atoms with van der Waals surface area (Å²) in [5.41, 5.74) is 7.63. The van der Waals surface area contributed by atoms with E-state index < -0.39 is 0 Å². The molecule has 0 spiro atoms. The van der Waals surface area contributed by atoms with Crippen LogP contribution in [0.15, 0.2) is 18.3 Å². The highest BCUT2D eigenvalue weighted by atomic mass is 15.1. The lowest BCUT2D eigenvalue weighted by atomic mass is 10.3. The van der Waals surface area contributed by atoms with Gasteiger partial charge in [0.25, 0.3) is 0 Å². The van der Waals surface area contributed by atoms with Gasteiger partial charge in [-0.2, -0.15) is 0 Å². The maximum Gasteiger partial charge on any atom is 0.0550 e. The van der Waals surface area contributed by atoms with Crippen molar-refractivity contribution < 1.29 is 0 Å². The van der Waals surface area contributed by atoms with E-state index in [1.165, 1.54) is 18.5 Å². The Morgan fingerprint density at radius 3 is 2.79 bits per heavy atom. The van der Waals surface area contributed by atoms with Crippen molar-refractivity contribution in [3.8, 4) is 0 Å². The van der Waals surface area contributed by atoms with Crippen LogP contribution in [-0.2, 0) is 6.54 Å². The lowest BCUT2D eigenvalue weighted by molar-refractivity contribution is 0.784. The number of anilines is 1. The zero-order valence-electron chi connectivity index (χ0n) is 8.61. The zero-order valence-corrected chi connectivity index (χ0v) is 8.61. The molecule has 76 valence electrons. The first-order valence-corrected chi connectivity index (χ1v) is 5.15. The van der Waals surface area contributed by atoms with Crippen LogP contribution in [0.25, 0.3) is 0 Å². The minimum Gasteiger partial charge on any atom is -0.373 e. The molecule has 0 bridgehead atoms. The lowest BCUT2D eigenvalue weighted by Gasteiger charge is -2.18. The van der Waals surface area contributed by atoms with Gasteiger partial charge in [0.15, 0.2) is 0 Å². The summed E-state index contributed by atoms with van der Waals surface area (Å²) in [6.07, 6.45) is 4.68. The fourth-order valence-corrected chi connectivity index (χ4v) is 1.56. The molecule has 1 aromatic heterocycles. The largest absolute Gasteiger partial charge is 0.373 e. The van der Waals surface area contributed by atoms with Crippen LogP contribution in [0.4, 0.5) is 5.69 Å². The average Bonchev–Trinajstić information content (AvgIpc) is 3.02. The van der Waals surface area contributed by atoms with E-state index in [1.54, 1.807) is 0 Å². The molecule has 0 atom stereocenters. The second-order valence-corrected chi connectivity index (χ2v) is 4.04. The first-order chi connectivity index (χ1) is 6.79. The van der Waals surface area contributed by atoms with Crippen LogP contribution in [0, 0.1) is 5.92 Å². The predicted molar refractivity (Wildman–Crippen MR) is 58.1 cm³/mol. The topological polar surface area (TPSA) is 42.1 Å². The molecule has 0 saturated heterocycles. The van der Waals surface area contributed by atoms with E-state index in [9.17, 15) is 0 Å². The molecule has 0 amide bonds. The molecule has 0 aromatic carbocycles. The summed E-state index contributed by atoms with van der Waals surface area (Å²) in [4.78, 5) is 6.55. The number of rotatable bonds is 4. The van der Waals surface area contributed by atoms with Gasteiger partial charge in [-0.25, -0.2) is 0 Å². The van der Waals surface area contributed by atoms with Gasteiger partial charge in [0.2, 0.25) is 0 Å². The van der Waals surface area contributed by atoms with E-state index in [0.717, 1.165) is 18.2 Å². The molecule has 1 fully saturated rings. The van der Waals surface area contributed by atoms with E-state index in [0.29, 0.717) is 6.54 Å². The van der Waals surface area contributed by atoms with Crippen molar-refractivity contribution in [1.29, 1.82) is 0 Å². The van der Waals surface area contributed by atoms with Crippen LogP contribution >= 0.6 is 0 Å². The summed E-state index contributed by atoms with van der Waals surface area (Å²) in [5.74, 6) is 0.911. The Kier molecular flexibility index (Phi) is 2.68. The smallest absolute Gasteiger partial charge is 0.0550 e. The maximum absolute atomic E-state index is 5.49. The third-order valence-corrected chi connectivity index (χ3v) is 2.69. The quantitative estimate of drug-likeness (QED) is 0.782. The summed E-state index contributed by atoms with van der Waals surface area (Å²) in [5, 5.41) is 0. The van der Waals surface area contributed by atoms with Crippen LogP contribution in [0.3, 0.4) is 0 Å². The van der Waals surface area contributed by atoms with Gasteiger partial charge in [0.05, 0.1) is 17.6 Å². The Balaban J connectivity index is 1.99. The zero-order chi connectivity index (χ0) is 9.97. The highest BCUT2D eigenvalue weighted by molar-refractivity contribution is 5.43. The van der Waals surface area contributed by atoms with Crippen molar-refractivity contribution >= 4 is 5.69 Å². The summed E-state index contributed by atoms with van der Waals surface area (Å²) in [6.45, 7) is 1.68. The van der Waals surface area contributed by atoms with E-state index in [2.05, 4.69) is 23.0 Å². The Labute approximate surface area is 84.9 Å². The Bertz CT molecular complexity index is 290. The van der Waals surface area contributed by atoms with Gasteiger partial charge >= 0.3 is 0 Å². The van der Waals surface area contributed by atoms with Crippen molar-refractivity contribution in [1.82, 2.24) is 4.98 Å². The van der Waals surface area contributed by atoms with Crippen LogP contribution in [0.5, 0.6) is 0 Å². The van der Waals surface area contributed by atoms with Crippen LogP contribution < -0.4 is 10.6 Å². The summed E-state index contributed by atoms with van der Waals surface area (Å²) >= 11 is 0. The molecule has 1 aromatic rings. The third-order valence-electron chi connectivity index (χ3n) is 2.69. The van der Waals surface area contributed by atoms with Crippen molar-refractivity contribution in [3.05, 3.63) is 24.0 Å². The van der Waals surface area contributed by atoms with Crippen molar-refractivity contribution in [2.45, 2.75) is 19.4 Å². The van der Waals surface area contributed by atoms with Gasteiger partial charge in [-0.15, -0.1) is 0 Å². The van der Waals surface area contributed by atoms with E-state index >= 15 is 0 Å². The Hall–Kier alpha value is -1.09. The first-order valence-electron chi connectivity index (χ1n) is 5.15. The molecule has 0 aliphatic heterocycles. The minimum absolute atomic E-state index is 0.520. The minimum atomic E-state index is 0.520. The van der Waals surface area contributed by atoms with Gasteiger partial charge in [0, 0.05) is 20.1 Å². The van der Waals surface area contributed by atoms with Crippen molar-refractivity contribution in [3.63, 3.8) is 0 Å². The second-order valence-electron chi connectivity index (χ2n) is 4.04. The SMILES string of the molecule is CN(CC1CC1)c1ccc(CN)nc1. The molecule has 2 N–H and O–H groups in total. The van der Waals surface area contributed by atoms with E-state index in [1.807, 2.05) is 12.3 Å². The Morgan fingerprint density at radius 2 is 2.29 bits per heavy atom. The molecule has 1 aliphatic carbocycles. The van der Waals surface area contributed by atoms with Gasteiger partial charge in [-0.05, 0) is 30.9 Å². The molecular weight excluding hydrogens is 174 g/mol. The van der Waals surface area contributed by atoms with Gasteiger partial charge in [0.1, 0.15) is 0 Å². The molecule has 1 saturated carbocycles. The molecule has 14 heavy (non-hydrogen) atoms. The van der Waals surface area contributed by atoms with Gasteiger partial charge in [-0.3, -0.25) is 4.98 Å². The van der Waals surface area contributed by atoms with Gasteiger partial charge < -0.3 is 10.6 Å². The lowest BCUT2D eigenvalue weighted by Crippen LogP contribution is -2.20. The standard InChI is InChI=1S/C11H17N3/c1-14(8-9-2-3-9)11-5-4-10(6-12)13-7-11/h4-5,7,9H,2-3,6,8,12H2,1H3. The molecule has 0 unspecified atom stereocenters. The second kappa shape index (κ2) is 3.96. The van der Waals surface area contributed by atoms with Crippen LogP contribution in [0.1, 0.15) is 18.5 Å². The fourth-order valence-electron chi connectivity index (χ4n) is 1.56. The molecule has 1 heterocycles. The van der Waals surface area contributed by atoms with E-state index in [-0.39, 0.29) is 0 Å². The molecule has 0 radical (unpaired) electrons. The predicted octanol–water partition coefficient (Wildman–Crippen LogP) is 1.39. The molecular formula is C11H17N3. The number of nitrogens with two attached hydrogens (primary N) is 1. The van der Waals surface area contributed by atoms with Crippen molar-refractivity contribution in [2.75, 3.05) is 18.5 Å². The maximum atomic E-state index is 5.49. The number of pyridine rings is 1. The summed E-state index contributed by atoms with van der Waals surface area (Å²) in [7, 11) is 2.12. The molecule has 2 rings (SSSR count). The monoisotopic (exact) mass is 191 g/mol. The third kappa shape index (κ3) is 2.23. The van der Waals surface area contributed by atoms with Crippen LogP contribution in [0.2, 0.25) is 0 Å². The van der Waals surface area contributed by atoms with Gasteiger partial charge in [-0.1, -0.05) is 0 Å². The first kappa shape index (κ1) is 9.46. The highest BCUT2D eigenvalue weighted by Gasteiger charge is 2.22. The number of hydrogen-bond acceptors (Lipinski definition) is 3. The van der Waals surface area contributed by atoms with Crippen LogP contribution in [-0.4, -0.2) is 18.6 Å². The summed E-state index contributed by atoms with van der Waals surface area (Å²) in [6, 6.07) is 4.09. The fraction of sp³-hybridized carbons (Fsp3) is 0.545. The van der Waals surface area contributed by atoms with Crippen molar-refractivity contribution in [2.24, 2.45) is 11.7 Å². The van der Waals surface area contributed by atoms with E-state index in [4.69, 9.17) is 5.73 Å². The highest BCUT2D eigenvalue weighted by Crippen LogP contribution is 2.30. The number of aromatic nitrogens is 1.